The van der Waals surface area contributed by atoms with E-state index in [1.54, 1.807) is 6.92 Å². The molecular formula is C31H39F3N4O2. The average Bonchev–Trinajstić information content (AvgIpc) is 3.39. The molecule has 9 heteroatoms. The van der Waals surface area contributed by atoms with E-state index in [4.69, 9.17) is 4.98 Å². The molecule has 1 fully saturated rings. The molecule has 3 N–H and O–H groups in total. The van der Waals surface area contributed by atoms with E-state index >= 15 is 4.39 Å². The zero-order valence-electron chi connectivity index (χ0n) is 23.9. The standard InChI is InChI=1S/C31H39F3N4O2/c1-18(20-8-7-11-24(26(20)32)31(33,34)29(3,4)40)35-28-23-16-25(38-14-12-30(5,17-39)13-15-38)21-9-6-10-22(21)27(23)36-19(2)37-28/h7-8,11,16,18,39-40H,6,9-10,12-15,17H2,1-5H3,(H,35,36,37). The Labute approximate surface area is 233 Å². The van der Waals surface area contributed by atoms with Gasteiger partial charge in [-0.1, -0.05) is 19.1 Å². The van der Waals surface area contributed by atoms with E-state index in [0.717, 1.165) is 81.7 Å². The third-order valence-corrected chi connectivity index (χ3v) is 8.80. The molecule has 0 saturated carbocycles. The lowest BCUT2D eigenvalue weighted by Gasteiger charge is -2.40. The molecule has 0 amide bonds. The van der Waals surface area contributed by atoms with Crippen molar-refractivity contribution >= 4 is 22.4 Å². The van der Waals surface area contributed by atoms with Crippen LogP contribution in [0.15, 0.2) is 24.3 Å². The monoisotopic (exact) mass is 556 g/mol. The van der Waals surface area contributed by atoms with Crippen LogP contribution >= 0.6 is 0 Å². The van der Waals surface area contributed by atoms with Crippen molar-refractivity contribution in [3.8, 4) is 0 Å². The molecule has 2 heterocycles. The number of aliphatic hydroxyl groups excluding tert-OH is 1. The first-order valence-electron chi connectivity index (χ1n) is 14.1. The Morgan fingerprint density at radius 3 is 2.45 bits per heavy atom. The number of fused-ring (bicyclic) bond motifs is 3. The first-order valence-corrected chi connectivity index (χ1v) is 14.1. The number of benzene rings is 2. The zero-order chi connectivity index (χ0) is 29.0. The van der Waals surface area contributed by atoms with E-state index in [1.807, 2.05) is 6.92 Å². The largest absolute Gasteiger partial charge is 0.396 e. The molecule has 2 aliphatic rings. The van der Waals surface area contributed by atoms with Crippen LogP contribution in [-0.2, 0) is 18.8 Å². The molecule has 40 heavy (non-hydrogen) atoms. The Balaban J connectivity index is 1.55. The summed E-state index contributed by atoms with van der Waals surface area (Å²) < 4.78 is 45.4. The van der Waals surface area contributed by atoms with Gasteiger partial charge in [-0.15, -0.1) is 0 Å². The molecule has 0 spiro atoms. The van der Waals surface area contributed by atoms with Crippen LogP contribution in [0.25, 0.3) is 10.9 Å². The van der Waals surface area contributed by atoms with Crippen LogP contribution in [0.5, 0.6) is 0 Å². The minimum Gasteiger partial charge on any atom is -0.396 e. The van der Waals surface area contributed by atoms with Gasteiger partial charge in [0, 0.05) is 36.3 Å². The fourth-order valence-electron chi connectivity index (χ4n) is 6.04. The number of nitrogens with zero attached hydrogens (tertiary/aromatic N) is 3. The maximum atomic E-state index is 15.5. The molecule has 2 aromatic carbocycles. The second kappa shape index (κ2) is 10.2. The number of aromatic nitrogens is 2. The molecule has 1 unspecified atom stereocenters. The summed E-state index contributed by atoms with van der Waals surface area (Å²) in [6, 6.07) is 5.31. The zero-order valence-corrected chi connectivity index (χ0v) is 23.9. The second-order valence-electron chi connectivity index (χ2n) is 12.4. The molecule has 0 bridgehead atoms. The SMILES string of the molecule is Cc1nc(NC(C)c2cccc(C(F)(F)C(C)(C)O)c2F)c2cc(N3CCC(C)(CO)CC3)c3c(c2n1)CCC3. The van der Waals surface area contributed by atoms with Gasteiger partial charge in [0.2, 0.25) is 0 Å². The van der Waals surface area contributed by atoms with Crippen molar-refractivity contribution < 1.29 is 23.4 Å². The normalized spacial score (nSPS) is 18.2. The van der Waals surface area contributed by atoms with Gasteiger partial charge in [0.15, 0.2) is 0 Å². The van der Waals surface area contributed by atoms with Gasteiger partial charge >= 0.3 is 5.92 Å². The highest BCUT2D eigenvalue weighted by Gasteiger charge is 2.49. The van der Waals surface area contributed by atoms with Crippen molar-refractivity contribution in [3.05, 3.63) is 58.2 Å². The van der Waals surface area contributed by atoms with E-state index in [0.29, 0.717) is 11.6 Å². The number of hydrogen-bond acceptors (Lipinski definition) is 6. The highest BCUT2D eigenvalue weighted by atomic mass is 19.3. The van der Waals surface area contributed by atoms with Gasteiger partial charge in [0.1, 0.15) is 23.1 Å². The summed E-state index contributed by atoms with van der Waals surface area (Å²) in [6.45, 7) is 9.45. The lowest BCUT2D eigenvalue weighted by atomic mass is 9.81. The van der Waals surface area contributed by atoms with Gasteiger partial charge in [-0.25, -0.2) is 14.4 Å². The molecule has 3 aromatic rings. The lowest BCUT2D eigenvalue weighted by Crippen LogP contribution is -2.41. The molecule has 1 aliphatic carbocycles. The van der Waals surface area contributed by atoms with Gasteiger partial charge in [0.05, 0.1) is 17.1 Å². The number of anilines is 2. The molecule has 1 atom stereocenters. The number of halogens is 3. The van der Waals surface area contributed by atoms with Crippen LogP contribution in [0.4, 0.5) is 24.7 Å². The van der Waals surface area contributed by atoms with Crippen molar-refractivity contribution in [2.45, 2.75) is 84.3 Å². The van der Waals surface area contributed by atoms with E-state index in [-0.39, 0.29) is 17.6 Å². The quantitative estimate of drug-likeness (QED) is 0.322. The van der Waals surface area contributed by atoms with E-state index < -0.39 is 28.9 Å². The minimum absolute atomic E-state index is 0.0616. The Kier molecular flexibility index (Phi) is 7.28. The number of aryl methyl sites for hydroxylation is 2. The molecular weight excluding hydrogens is 517 g/mol. The van der Waals surface area contributed by atoms with E-state index in [9.17, 15) is 19.0 Å². The fourth-order valence-corrected chi connectivity index (χ4v) is 6.04. The molecule has 0 radical (unpaired) electrons. The van der Waals surface area contributed by atoms with Crippen LogP contribution in [0.1, 0.15) is 81.1 Å². The average molecular weight is 557 g/mol. The summed E-state index contributed by atoms with van der Waals surface area (Å²) >= 11 is 0. The summed E-state index contributed by atoms with van der Waals surface area (Å²) in [5, 5.41) is 24.0. The number of nitrogens with one attached hydrogen (secondary N) is 1. The topological polar surface area (TPSA) is 81.5 Å². The minimum atomic E-state index is -3.78. The molecule has 1 aromatic heterocycles. The first-order chi connectivity index (χ1) is 18.8. The summed E-state index contributed by atoms with van der Waals surface area (Å²) in [6.07, 6.45) is 4.72. The Hall–Kier alpha value is -2.91. The summed E-state index contributed by atoms with van der Waals surface area (Å²) in [4.78, 5) is 11.9. The van der Waals surface area contributed by atoms with E-state index in [1.165, 1.54) is 23.3 Å². The summed E-state index contributed by atoms with van der Waals surface area (Å²) in [5.41, 5.74) is 1.27. The molecule has 216 valence electrons. The number of rotatable bonds is 7. The maximum absolute atomic E-state index is 15.5. The Morgan fingerprint density at radius 1 is 1.12 bits per heavy atom. The molecule has 6 nitrogen and oxygen atoms in total. The predicted molar refractivity (Wildman–Crippen MR) is 152 cm³/mol. The van der Waals surface area contributed by atoms with Gasteiger partial charge in [-0.05, 0) is 88.5 Å². The van der Waals surface area contributed by atoms with Crippen LogP contribution in [0, 0.1) is 18.2 Å². The van der Waals surface area contributed by atoms with Crippen molar-refractivity contribution in [1.82, 2.24) is 9.97 Å². The third kappa shape index (κ3) is 4.91. The Bertz CT molecular complexity index is 1430. The first kappa shape index (κ1) is 28.6. The second-order valence-corrected chi connectivity index (χ2v) is 12.4. The van der Waals surface area contributed by atoms with Crippen LogP contribution in [0.2, 0.25) is 0 Å². The molecule has 5 rings (SSSR count). The number of hydrogen-bond donors (Lipinski definition) is 3. The molecule has 1 saturated heterocycles. The third-order valence-electron chi connectivity index (χ3n) is 8.80. The van der Waals surface area contributed by atoms with Gasteiger partial charge in [-0.3, -0.25) is 0 Å². The summed E-state index contributed by atoms with van der Waals surface area (Å²) in [7, 11) is 0. The van der Waals surface area contributed by atoms with Gasteiger partial charge in [0.25, 0.3) is 0 Å². The van der Waals surface area contributed by atoms with Crippen LogP contribution in [-0.4, -0.2) is 45.5 Å². The fraction of sp³-hybridized carbons (Fsp3) is 0.548. The number of piperidine rings is 1. The highest BCUT2D eigenvalue weighted by molar-refractivity contribution is 5.96. The maximum Gasteiger partial charge on any atom is 0.303 e. The smallest absolute Gasteiger partial charge is 0.303 e. The highest BCUT2D eigenvalue weighted by Crippen LogP contribution is 2.43. The van der Waals surface area contributed by atoms with Crippen molar-refractivity contribution in [1.29, 1.82) is 0 Å². The van der Waals surface area contributed by atoms with Crippen LogP contribution in [0.3, 0.4) is 0 Å². The van der Waals surface area contributed by atoms with Crippen LogP contribution < -0.4 is 10.2 Å². The van der Waals surface area contributed by atoms with Crippen molar-refractivity contribution in [3.63, 3.8) is 0 Å². The molecule has 1 aliphatic heterocycles. The Morgan fingerprint density at radius 2 is 1.80 bits per heavy atom. The van der Waals surface area contributed by atoms with Crippen molar-refractivity contribution in [2.75, 3.05) is 29.9 Å². The van der Waals surface area contributed by atoms with Gasteiger partial charge in [-0.2, -0.15) is 8.78 Å². The van der Waals surface area contributed by atoms with Gasteiger partial charge < -0.3 is 20.4 Å². The number of aliphatic hydroxyl groups is 2. The van der Waals surface area contributed by atoms with Crippen molar-refractivity contribution in [2.24, 2.45) is 5.41 Å². The predicted octanol–water partition coefficient (Wildman–Crippen LogP) is 6.20. The lowest BCUT2D eigenvalue weighted by molar-refractivity contribution is -0.170. The summed E-state index contributed by atoms with van der Waals surface area (Å²) in [5.74, 6) is -3.72. The van der Waals surface area contributed by atoms with E-state index in [2.05, 4.69) is 28.2 Å². The number of alkyl halides is 2.